The van der Waals surface area contributed by atoms with Crippen LogP contribution in [0.5, 0.6) is 0 Å². The van der Waals surface area contributed by atoms with Crippen molar-refractivity contribution in [3.8, 4) is 0 Å². The highest BCUT2D eigenvalue weighted by Gasteiger charge is 2.24. The van der Waals surface area contributed by atoms with Crippen LogP contribution in [0.2, 0.25) is 0 Å². The van der Waals surface area contributed by atoms with E-state index in [0.29, 0.717) is 0 Å². The van der Waals surface area contributed by atoms with Crippen molar-refractivity contribution in [2.75, 3.05) is 13.1 Å². The van der Waals surface area contributed by atoms with E-state index < -0.39 is 35.1 Å². The van der Waals surface area contributed by atoms with Gasteiger partial charge in [0, 0.05) is 0 Å². The Morgan fingerprint density at radius 3 is 1.83 bits per heavy atom. The molecule has 8 heteroatoms. The van der Waals surface area contributed by atoms with E-state index in [9.17, 15) is 28.2 Å². The maximum absolute atomic E-state index is 11.9. The van der Waals surface area contributed by atoms with Gasteiger partial charge in [0.1, 0.15) is 0 Å². The first-order valence-electron chi connectivity index (χ1n) is 4.79. The Morgan fingerprint density at radius 2 is 1.44 bits per heavy atom. The molecule has 1 aromatic carbocycles. The Labute approximate surface area is 103 Å². The van der Waals surface area contributed by atoms with Gasteiger partial charge in [0.25, 0.3) is 0 Å². The van der Waals surface area contributed by atoms with Crippen molar-refractivity contribution in [3.63, 3.8) is 0 Å². The molecule has 0 atom stereocenters. The molecule has 0 spiro atoms. The van der Waals surface area contributed by atoms with Crippen molar-refractivity contribution in [1.29, 1.82) is 0 Å². The lowest BCUT2D eigenvalue weighted by molar-refractivity contribution is -0.308. The fourth-order valence-corrected chi connectivity index (χ4v) is 2.61. The highest BCUT2D eigenvalue weighted by molar-refractivity contribution is 7.89. The average molecular weight is 271 g/mol. The van der Waals surface area contributed by atoms with Gasteiger partial charge < -0.3 is 19.8 Å². The van der Waals surface area contributed by atoms with Gasteiger partial charge >= 0.3 is 0 Å². The third kappa shape index (κ3) is 3.54. The van der Waals surface area contributed by atoms with E-state index >= 15 is 0 Å². The highest BCUT2D eigenvalue weighted by Crippen LogP contribution is 2.14. The predicted molar refractivity (Wildman–Crippen MR) is 55.2 cm³/mol. The number of nitrogens with zero attached hydrogens (tertiary/aromatic N) is 1. The van der Waals surface area contributed by atoms with Gasteiger partial charge in [-0.2, -0.15) is 4.31 Å². The number of hydrogen-bond donors (Lipinski definition) is 0. The second-order valence-corrected chi connectivity index (χ2v) is 5.27. The number of sulfonamides is 1. The van der Waals surface area contributed by atoms with Crippen LogP contribution in [0.1, 0.15) is 0 Å². The maximum atomic E-state index is 11.9. The summed E-state index contributed by atoms with van der Waals surface area (Å²) in [6.07, 6.45) is 0. The van der Waals surface area contributed by atoms with Crippen LogP contribution >= 0.6 is 0 Å². The Morgan fingerprint density at radius 1 is 1.00 bits per heavy atom. The summed E-state index contributed by atoms with van der Waals surface area (Å²) in [6, 6.07) is 6.90. The second-order valence-electron chi connectivity index (χ2n) is 3.33. The molecule has 0 bridgehead atoms. The molecule has 18 heavy (non-hydrogen) atoms. The minimum atomic E-state index is -4.20. The summed E-state index contributed by atoms with van der Waals surface area (Å²) in [4.78, 5) is 20.7. The standard InChI is InChI=1S/C10H11NO6S/c12-9(13)6-11(7-10(14)15)18(16,17)8-4-2-1-3-5-8/h1-5H,6-7H2,(H,12,13)(H,14,15)/p-2. The van der Waals surface area contributed by atoms with Crippen LogP contribution in [0.4, 0.5) is 0 Å². The van der Waals surface area contributed by atoms with Gasteiger partial charge in [0.2, 0.25) is 10.0 Å². The average Bonchev–Trinajstić information content (AvgIpc) is 2.28. The molecule has 0 aromatic heterocycles. The van der Waals surface area contributed by atoms with Gasteiger partial charge in [0.15, 0.2) is 0 Å². The topological polar surface area (TPSA) is 118 Å². The number of hydrogen-bond acceptors (Lipinski definition) is 6. The van der Waals surface area contributed by atoms with E-state index in [2.05, 4.69) is 0 Å². The summed E-state index contributed by atoms with van der Waals surface area (Å²) in [5.74, 6) is -3.40. The zero-order valence-corrected chi connectivity index (χ0v) is 9.92. The summed E-state index contributed by atoms with van der Waals surface area (Å²) < 4.78 is 24.2. The van der Waals surface area contributed by atoms with E-state index in [4.69, 9.17) is 0 Å². The van der Waals surface area contributed by atoms with Crippen LogP contribution < -0.4 is 10.2 Å². The summed E-state index contributed by atoms with van der Waals surface area (Å²) >= 11 is 0. The van der Waals surface area contributed by atoms with E-state index in [1.807, 2.05) is 0 Å². The molecule has 98 valence electrons. The fraction of sp³-hybridized carbons (Fsp3) is 0.200. The molecule has 0 aliphatic rings. The smallest absolute Gasteiger partial charge is 0.243 e. The van der Waals surface area contributed by atoms with E-state index in [0.717, 1.165) is 0 Å². The molecule has 0 N–H and O–H groups in total. The van der Waals surface area contributed by atoms with E-state index in [1.54, 1.807) is 6.07 Å². The Bertz CT molecular complexity index is 523. The Kier molecular flexibility index (Phi) is 4.40. The first-order valence-corrected chi connectivity index (χ1v) is 6.23. The normalized spacial score (nSPS) is 11.4. The minimum absolute atomic E-state index is 0.201. The van der Waals surface area contributed by atoms with Crippen molar-refractivity contribution in [1.82, 2.24) is 4.31 Å². The molecule has 0 radical (unpaired) electrons. The van der Waals surface area contributed by atoms with Crippen molar-refractivity contribution < 1.29 is 28.2 Å². The van der Waals surface area contributed by atoms with Crippen LogP contribution in [0.25, 0.3) is 0 Å². The molecule has 1 rings (SSSR count). The second kappa shape index (κ2) is 5.61. The predicted octanol–water partition coefficient (Wildman–Crippen LogP) is -2.82. The monoisotopic (exact) mass is 271 g/mol. The third-order valence-corrected chi connectivity index (χ3v) is 3.80. The molecular weight excluding hydrogens is 262 g/mol. The molecule has 0 aliphatic carbocycles. The summed E-state index contributed by atoms with van der Waals surface area (Å²) in [7, 11) is -4.20. The highest BCUT2D eigenvalue weighted by atomic mass is 32.2. The molecular formula is C10H9NO6S-2. The summed E-state index contributed by atoms with van der Waals surface area (Å²) in [5.41, 5.74) is 0. The zero-order chi connectivity index (χ0) is 13.8. The molecule has 1 aromatic rings. The molecule has 0 aliphatic heterocycles. The lowest BCUT2D eigenvalue weighted by Gasteiger charge is -2.22. The minimum Gasteiger partial charge on any atom is -0.549 e. The number of rotatable bonds is 6. The number of aliphatic carboxylic acids is 2. The van der Waals surface area contributed by atoms with Gasteiger partial charge in [-0.3, -0.25) is 0 Å². The molecule has 0 amide bonds. The van der Waals surface area contributed by atoms with Crippen LogP contribution in [0.3, 0.4) is 0 Å². The van der Waals surface area contributed by atoms with Crippen LogP contribution in [0, 0.1) is 0 Å². The van der Waals surface area contributed by atoms with Gasteiger partial charge in [-0.25, -0.2) is 8.42 Å². The molecule has 0 saturated heterocycles. The third-order valence-electron chi connectivity index (χ3n) is 1.99. The largest absolute Gasteiger partial charge is 0.549 e. The SMILES string of the molecule is O=C([O-])CN(CC(=O)[O-])S(=O)(=O)c1ccccc1. The first kappa shape index (κ1) is 14.1. The van der Waals surface area contributed by atoms with Crippen molar-refractivity contribution in [2.24, 2.45) is 0 Å². The lowest BCUT2D eigenvalue weighted by atomic mass is 10.4. The van der Waals surface area contributed by atoms with Gasteiger partial charge in [0.05, 0.1) is 29.9 Å². The molecule has 0 unspecified atom stereocenters. The summed E-state index contributed by atoms with van der Waals surface area (Å²) in [6.45, 7) is -2.10. The molecule has 7 nitrogen and oxygen atoms in total. The number of carbonyl (C=O) groups excluding carboxylic acids is 2. The molecule has 0 fully saturated rings. The lowest BCUT2D eigenvalue weighted by Crippen LogP contribution is -2.46. The Hall–Kier alpha value is -1.93. The number of carbonyl (C=O) groups is 2. The number of benzene rings is 1. The summed E-state index contributed by atoms with van der Waals surface area (Å²) in [5, 5.41) is 20.9. The van der Waals surface area contributed by atoms with Gasteiger partial charge in [-0.05, 0) is 12.1 Å². The van der Waals surface area contributed by atoms with E-state index in [-0.39, 0.29) is 9.20 Å². The fourth-order valence-electron chi connectivity index (χ4n) is 1.26. The van der Waals surface area contributed by atoms with E-state index in [1.165, 1.54) is 24.3 Å². The van der Waals surface area contributed by atoms with Crippen molar-refractivity contribution >= 4 is 22.0 Å². The van der Waals surface area contributed by atoms with Crippen molar-refractivity contribution in [2.45, 2.75) is 4.90 Å². The van der Waals surface area contributed by atoms with Crippen LogP contribution in [-0.2, 0) is 19.6 Å². The zero-order valence-electron chi connectivity index (χ0n) is 9.11. The van der Waals surface area contributed by atoms with Gasteiger partial charge in [-0.1, -0.05) is 18.2 Å². The number of carboxylic acids is 2. The quantitative estimate of drug-likeness (QED) is 0.550. The maximum Gasteiger partial charge on any atom is 0.243 e. The Balaban J connectivity index is 3.11. The molecule has 0 saturated carbocycles. The number of carboxylic acid groups (broad SMARTS) is 2. The molecule has 0 heterocycles. The van der Waals surface area contributed by atoms with Crippen LogP contribution in [-0.4, -0.2) is 37.8 Å². The van der Waals surface area contributed by atoms with Crippen LogP contribution in [0.15, 0.2) is 35.2 Å². The van der Waals surface area contributed by atoms with Gasteiger partial charge in [-0.15, -0.1) is 0 Å². The first-order chi connectivity index (χ1) is 8.34. The van der Waals surface area contributed by atoms with Crippen molar-refractivity contribution in [3.05, 3.63) is 30.3 Å².